The molecule has 1 atom stereocenters. The van der Waals surface area contributed by atoms with Gasteiger partial charge >= 0.3 is 0 Å². The molecule has 1 aliphatic heterocycles. The maximum Gasteiger partial charge on any atom is 0.288 e. The zero-order chi connectivity index (χ0) is 9.10. The number of nitrogens with zero attached hydrogens (tertiary/aromatic N) is 2. The van der Waals surface area contributed by atoms with E-state index in [-0.39, 0.29) is 11.7 Å². The first-order valence-electron chi connectivity index (χ1n) is 4.10. The topological polar surface area (TPSA) is 70.7 Å². The van der Waals surface area contributed by atoms with Crippen LogP contribution < -0.4 is 5.32 Å². The lowest BCUT2D eigenvalue weighted by atomic mass is 10.2. The van der Waals surface area contributed by atoms with Crippen LogP contribution in [0, 0.1) is 0 Å². The zero-order valence-electron chi connectivity index (χ0n) is 6.99. The molecule has 70 valence electrons. The minimum atomic E-state index is -0.162. The van der Waals surface area contributed by atoms with Gasteiger partial charge in [0, 0.05) is 11.8 Å². The molecule has 0 radical (unpaired) electrons. The maximum atomic E-state index is 11.4. The molecule has 2 N–H and O–H groups in total. The largest absolute Gasteiger partial charge is 0.346 e. The predicted molar refractivity (Wildman–Crippen MR) is 49.6 cm³/mol. The summed E-state index contributed by atoms with van der Waals surface area (Å²) in [4.78, 5) is 15.2. The molecule has 1 aromatic rings. The summed E-state index contributed by atoms with van der Waals surface area (Å²) in [6, 6.07) is 0.294. The van der Waals surface area contributed by atoms with Gasteiger partial charge in [-0.3, -0.25) is 9.89 Å². The monoisotopic (exact) mass is 198 g/mol. The van der Waals surface area contributed by atoms with Crippen LogP contribution in [0.5, 0.6) is 0 Å². The number of amides is 1. The van der Waals surface area contributed by atoms with E-state index in [0.29, 0.717) is 6.04 Å². The Morgan fingerprint density at radius 3 is 3.31 bits per heavy atom. The van der Waals surface area contributed by atoms with E-state index in [9.17, 15) is 4.79 Å². The Balaban J connectivity index is 1.91. The Bertz CT molecular complexity index is 281. The number of carbonyl (C=O) groups is 1. The number of nitrogens with one attached hydrogen (secondary N) is 2. The first kappa shape index (κ1) is 8.55. The van der Waals surface area contributed by atoms with Gasteiger partial charge in [0.2, 0.25) is 5.82 Å². The predicted octanol–water partition coefficient (Wildman–Crippen LogP) is 0.0400. The molecule has 5 nitrogen and oxygen atoms in total. The summed E-state index contributed by atoms with van der Waals surface area (Å²) < 4.78 is 0. The first-order chi connectivity index (χ1) is 6.36. The highest BCUT2D eigenvalue weighted by atomic mass is 32.2. The second-order valence-electron chi connectivity index (χ2n) is 2.87. The van der Waals surface area contributed by atoms with E-state index in [1.54, 1.807) is 0 Å². The quantitative estimate of drug-likeness (QED) is 0.704. The minimum Gasteiger partial charge on any atom is -0.346 e. The summed E-state index contributed by atoms with van der Waals surface area (Å²) in [5.41, 5.74) is 0. The van der Waals surface area contributed by atoms with Crippen LogP contribution in [0.2, 0.25) is 0 Å². The van der Waals surface area contributed by atoms with E-state index in [1.165, 1.54) is 6.33 Å². The lowest BCUT2D eigenvalue weighted by Crippen LogP contribution is -2.35. The molecule has 1 aliphatic rings. The van der Waals surface area contributed by atoms with Gasteiger partial charge in [0.1, 0.15) is 6.33 Å². The number of hydrogen-bond donors (Lipinski definition) is 2. The number of H-pyrrole nitrogens is 1. The molecule has 1 unspecified atom stereocenters. The van der Waals surface area contributed by atoms with Crippen LogP contribution in [0.15, 0.2) is 6.33 Å². The third-order valence-electron chi connectivity index (χ3n) is 1.90. The third kappa shape index (κ3) is 2.00. The standard InChI is InChI=1S/C7H10N4OS/c12-7(6-8-4-9-11-6)10-5-1-2-13-3-5/h4-5H,1-3H2,(H,10,12)(H,8,9,11). The van der Waals surface area contributed by atoms with Gasteiger partial charge in [-0.05, 0) is 12.2 Å². The molecule has 0 aromatic carbocycles. The number of aromatic amines is 1. The van der Waals surface area contributed by atoms with Crippen molar-refractivity contribution < 1.29 is 4.79 Å². The number of thioether (sulfide) groups is 1. The maximum absolute atomic E-state index is 11.4. The highest BCUT2D eigenvalue weighted by Crippen LogP contribution is 2.16. The molecular formula is C7H10N4OS. The number of aromatic nitrogens is 3. The summed E-state index contributed by atoms with van der Waals surface area (Å²) in [7, 11) is 0. The van der Waals surface area contributed by atoms with E-state index in [1.807, 2.05) is 11.8 Å². The van der Waals surface area contributed by atoms with Crippen molar-refractivity contribution in [2.24, 2.45) is 0 Å². The van der Waals surface area contributed by atoms with Gasteiger partial charge in [0.25, 0.3) is 5.91 Å². The highest BCUT2D eigenvalue weighted by molar-refractivity contribution is 7.99. The third-order valence-corrected chi connectivity index (χ3v) is 3.06. The average Bonchev–Trinajstić information content (AvgIpc) is 2.74. The fraction of sp³-hybridized carbons (Fsp3) is 0.571. The van der Waals surface area contributed by atoms with Crippen molar-refractivity contribution in [1.29, 1.82) is 0 Å². The summed E-state index contributed by atoms with van der Waals surface area (Å²) in [6.45, 7) is 0. The molecule has 13 heavy (non-hydrogen) atoms. The molecule has 0 bridgehead atoms. The molecule has 1 amide bonds. The van der Waals surface area contributed by atoms with Crippen LogP contribution >= 0.6 is 11.8 Å². The van der Waals surface area contributed by atoms with Crippen molar-refractivity contribution in [2.45, 2.75) is 12.5 Å². The van der Waals surface area contributed by atoms with Crippen molar-refractivity contribution >= 4 is 17.7 Å². The summed E-state index contributed by atoms with van der Waals surface area (Å²) in [6.07, 6.45) is 2.38. The number of carbonyl (C=O) groups excluding carboxylic acids is 1. The van der Waals surface area contributed by atoms with E-state index < -0.39 is 0 Å². The molecule has 0 spiro atoms. The lowest BCUT2D eigenvalue weighted by Gasteiger charge is -2.08. The van der Waals surface area contributed by atoms with Gasteiger partial charge in [-0.2, -0.15) is 16.9 Å². The van der Waals surface area contributed by atoms with Gasteiger partial charge in [-0.15, -0.1) is 0 Å². The van der Waals surface area contributed by atoms with Gasteiger partial charge in [0.15, 0.2) is 0 Å². The van der Waals surface area contributed by atoms with Crippen LogP contribution in [-0.2, 0) is 0 Å². The molecule has 6 heteroatoms. The molecule has 1 saturated heterocycles. The molecule has 2 rings (SSSR count). The molecule has 2 heterocycles. The Labute approximate surface area is 79.7 Å². The van der Waals surface area contributed by atoms with Crippen LogP contribution in [0.25, 0.3) is 0 Å². The minimum absolute atomic E-state index is 0.162. The van der Waals surface area contributed by atoms with E-state index >= 15 is 0 Å². The highest BCUT2D eigenvalue weighted by Gasteiger charge is 2.19. The molecule has 1 fully saturated rings. The average molecular weight is 198 g/mol. The lowest BCUT2D eigenvalue weighted by molar-refractivity contribution is 0.0931. The van der Waals surface area contributed by atoms with Gasteiger partial charge in [-0.1, -0.05) is 0 Å². The number of hydrogen-bond acceptors (Lipinski definition) is 4. The molecule has 0 aliphatic carbocycles. The van der Waals surface area contributed by atoms with Gasteiger partial charge in [-0.25, -0.2) is 4.98 Å². The smallest absolute Gasteiger partial charge is 0.288 e. The van der Waals surface area contributed by atoms with E-state index in [0.717, 1.165) is 17.9 Å². The van der Waals surface area contributed by atoms with Crippen LogP contribution in [0.4, 0.5) is 0 Å². The Morgan fingerprint density at radius 1 is 1.77 bits per heavy atom. The Hall–Kier alpha value is -1.04. The summed E-state index contributed by atoms with van der Waals surface area (Å²) in [5, 5.41) is 9.03. The van der Waals surface area contributed by atoms with Crippen molar-refractivity contribution in [3.05, 3.63) is 12.2 Å². The van der Waals surface area contributed by atoms with Crippen molar-refractivity contribution in [3.63, 3.8) is 0 Å². The van der Waals surface area contributed by atoms with Crippen molar-refractivity contribution in [1.82, 2.24) is 20.5 Å². The summed E-state index contributed by atoms with van der Waals surface area (Å²) in [5.74, 6) is 2.25. The van der Waals surface area contributed by atoms with E-state index in [2.05, 4.69) is 20.5 Å². The van der Waals surface area contributed by atoms with Crippen LogP contribution in [0.1, 0.15) is 17.0 Å². The SMILES string of the molecule is O=C(NC1CCSC1)c1ncn[nH]1. The van der Waals surface area contributed by atoms with E-state index in [4.69, 9.17) is 0 Å². The second kappa shape index (κ2) is 3.78. The molecule has 1 aromatic heterocycles. The van der Waals surface area contributed by atoms with Crippen LogP contribution in [0.3, 0.4) is 0 Å². The normalized spacial score (nSPS) is 21.7. The van der Waals surface area contributed by atoms with Crippen molar-refractivity contribution in [3.8, 4) is 0 Å². The Morgan fingerprint density at radius 2 is 2.69 bits per heavy atom. The summed E-state index contributed by atoms with van der Waals surface area (Å²) >= 11 is 1.86. The fourth-order valence-electron chi connectivity index (χ4n) is 1.22. The Kier molecular flexibility index (Phi) is 2.49. The first-order valence-corrected chi connectivity index (χ1v) is 5.25. The zero-order valence-corrected chi connectivity index (χ0v) is 7.80. The van der Waals surface area contributed by atoms with Crippen molar-refractivity contribution in [2.75, 3.05) is 11.5 Å². The molecule has 0 saturated carbocycles. The second-order valence-corrected chi connectivity index (χ2v) is 4.02. The van der Waals surface area contributed by atoms with Gasteiger partial charge in [0.05, 0.1) is 0 Å². The molecular weight excluding hydrogens is 188 g/mol. The van der Waals surface area contributed by atoms with Crippen LogP contribution in [-0.4, -0.2) is 38.6 Å². The fourth-order valence-corrected chi connectivity index (χ4v) is 2.37. The van der Waals surface area contributed by atoms with Gasteiger partial charge < -0.3 is 5.32 Å². The number of rotatable bonds is 2.